The van der Waals surface area contributed by atoms with Crippen LogP contribution in [0.3, 0.4) is 0 Å². The molecule has 0 amide bonds. The Kier molecular flexibility index (Phi) is 3.10. The van der Waals surface area contributed by atoms with Crippen LogP contribution >= 0.6 is 0 Å². The van der Waals surface area contributed by atoms with Gasteiger partial charge in [0.1, 0.15) is 11.6 Å². The molecule has 0 unspecified atom stereocenters. The lowest BCUT2D eigenvalue weighted by Gasteiger charge is -2.08. The normalized spacial score (nSPS) is 10.1. The van der Waals surface area contributed by atoms with E-state index in [1.807, 2.05) is 6.07 Å². The van der Waals surface area contributed by atoms with Gasteiger partial charge in [0.25, 0.3) is 0 Å². The number of hydrogen-bond acceptors (Lipinski definition) is 3. The van der Waals surface area contributed by atoms with Gasteiger partial charge >= 0.3 is 0 Å². The molecular weight excluding hydrogens is 205 g/mol. The summed E-state index contributed by atoms with van der Waals surface area (Å²) in [6.45, 7) is 2.23. The van der Waals surface area contributed by atoms with Gasteiger partial charge < -0.3 is 5.32 Å². The van der Waals surface area contributed by atoms with Gasteiger partial charge in [-0.05, 0) is 25.1 Å². The summed E-state index contributed by atoms with van der Waals surface area (Å²) >= 11 is 0. The van der Waals surface area contributed by atoms with E-state index in [9.17, 15) is 4.39 Å². The monoisotopic (exact) mass is 217 g/mol. The summed E-state index contributed by atoms with van der Waals surface area (Å²) in [5, 5.41) is 3.11. The maximum absolute atomic E-state index is 13.2. The van der Waals surface area contributed by atoms with Crippen LogP contribution in [0.15, 0.2) is 36.7 Å². The molecule has 1 aromatic heterocycles. The highest BCUT2D eigenvalue weighted by Crippen LogP contribution is 2.17. The Bertz CT molecular complexity index is 471. The quantitative estimate of drug-likeness (QED) is 0.858. The van der Waals surface area contributed by atoms with Gasteiger partial charge in [0.2, 0.25) is 0 Å². The average molecular weight is 217 g/mol. The second-order valence-corrected chi connectivity index (χ2v) is 3.43. The molecule has 0 bridgehead atoms. The summed E-state index contributed by atoms with van der Waals surface area (Å²) in [6.07, 6.45) is 3.37. The third kappa shape index (κ3) is 2.34. The SMILES string of the molecule is Cc1c(F)cccc1NCc1ncccn1. The summed E-state index contributed by atoms with van der Waals surface area (Å²) in [5.41, 5.74) is 1.38. The molecule has 1 aromatic carbocycles. The van der Waals surface area contributed by atoms with E-state index in [0.29, 0.717) is 17.9 Å². The summed E-state index contributed by atoms with van der Waals surface area (Å²) in [6, 6.07) is 6.72. The molecule has 1 heterocycles. The molecule has 0 spiro atoms. The Morgan fingerprint density at radius 1 is 1.19 bits per heavy atom. The molecule has 4 heteroatoms. The van der Waals surface area contributed by atoms with Crippen molar-refractivity contribution in [3.63, 3.8) is 0 Å². The predicted molar refractivity (Wildman–Crippen MR) is 60.5 cm³/mol. The van der Waals surface area contributed by atoms with E-state index < -0.39 is 0 Å². The van der Waals surface area contributed by atoms with E-state index in [1.165, 1.54) is 6.07 Å². The third-order valence-electron chi connectivity index (χ3n) is 2.32. The first-order valence-electron chi connectivity index (χ1n) is 5.02. The molecule has 16 heavy (non-hydrogen) atoms. The molecule has 2 aromatic rings. The van der Waals surface area contributed by atoms with Crippen molar-refractivity contribution in [2.24, 2.45) is 0 Å². The van der Waals surface area contributed by atoms with Gasteiger partial charge in [0.15, 0.2) is 0 Å². The minimum absolute atomic E-state index is 0.209. The Balaban J connectivity index is 2.08. The van der Waals surface area contributed by atoms with Crippen LogP contribution in [0.2, 0.25) is 0 Å². The number of nitrogens with zero attached hydrogens (tertiary/aromatic N) is 2. The number of anilines is 1. The van der Waals surface area contributed by atoms with Crippen molar-refractivity contribution >= 4 is 5.69 Å². The van der Waals surface area contributed by atoms with Crippen LogP contribution in [0.1, 0.15) is 11.4 Å². The van der Waals surface area contributed by atoms with Crippen molar-refractivity contribution in [2.45, 2.75) is 13.5 Å². The van der Waals surface area contributed by atoms with Crippen LogP contribution in [0.4, 0.5) is 10.1 Å². The molecule has 0 aliphatic heterocycles. The van der Waals surface area contributed by atoms with Crippen LogP contribution in [0.25, 0.3) is 0 Å². The van der Waals surface area contributed by atoms with Gasteiger partial charge in [-0.2, -0.15) is 0 Å². The third-order valence-corrected chi connectivity index (χ3v) is 2.32. The molecule has 0 fully saturated rings. The largest absolute Gasteiger partial charge is 0.377 e. The Hall–Kier alpha value is -1.97. The van der Waals surface area contributed by atoms with Crippen LogP contribution in [0, 0.1) is 12.7 Å². The first-order chi connectivity index (χ1) is 7.77. The average Bonchev–Trinajstić information content (AvgIpc) is 2.32. The number of benzene rings is 1. The van der Waals surface area contributed by atoms with Crippen LogP contribution in [-0.4, -0.2) is 9.97 Å². The maximum Gasteiger partial charge on any atom is 0.147 e. The van der Waals surface area contributed by atoms with Crippen molar-refractivity contribution in [3.8, 4) is 0 Å². The van der Waals surface area contributed by atoms with Gasteiger partial charge in [0, 0.05) is 23.6 Å². The van der Waals surface area contributed by atoms with Crippen molar-refractivity contribution in [1.82, 2.24) is 9.97 Å². The molecule has 1 N–H and O–H groups in total. The van der Waals surface area contributed by atoms with E-state index in [4.69, 9.17) is 0 Å². The summed E-state index contributed by atoms with van der Waals surface area (Å²) in [5.74, 6) is 0.477. The Morgan fingerprint density at radius 3 is 2.69 bits per heavy atom. The minimum Gasteiger partial charge on any atom is -0.377 e. The van der Waals surface area contributed by atoms with Crippen molar-refractivity contribution in [1.29, 1.82) is 0 Å². The Morgan fingerprint density at radius 2 is 1.94 bits per heavy atom. The van der Waals surface area contributed by atoms with E-state index >= 15 is 0 Å². The van der Waals surface area contributed by atoms with Crippen LogP contribution in [0.5, 0.6) is 0 Å². The van der Waals surface area contributed by atoms with Gasteiger partial charge in [-0.15, -0.1) is 0 Å². The molecule has 0 aliphatic rings. The summed E-state index contributed by atoms with van der Waals surface area (Å²) in [4.78, 5) is 8.16. The number of nitrogens with one attached hydrogen (secondary N) is 1. The highest BCUT2D eigenvalue weighted by atomic mass is 19.1. The minimum atomic E-state index is -0.209. The number of hydrogen-bond donors (Lipinski definition) is 1. The van der Waals surface area contributed by atoms with Gasteiger partial charge in [-0.25, -0.2) is 14.4 Å². The topological polar surface area (TPSA) is 37.8 Å². The molecule has 82 valence electrons. The first-order valence-corrected chi connectivity index (χ1v) is 5.02. The van der Waals surface area contributed by atoms with Crippen molar-refractivity contribution < 1.29 is 4.39 Å². The zero-order valence-corrected chi connectivity index (χ0v) is 8.94. The molecular formula is C12H12FN3. The molecule has 2 rings (SSSR count). The Labute approximate surface area is 93.4 Å². The van der Waals surface area contributed by atoms with E-state index in [1.54, 1.807) is 31.5 Å². The summed E-state index contributed by atoms with van der Waals surface area (Å²) < 4.78 is 13.2. The lowest BCUT2D eigenvalue weighted by Crippen LogP contribution is -2.05. The van der Waals surface area contributed by atoms with E-state index in [2.05, 4.69) is 15.3 Å². The highest BCUT2D eigenvalue weighted by molar-refractivity contribution is 5.50. The zero-order chi connectivity index (χ0) is 11.4. The van der Waals surface area contributed by atoms with Crippen LogP contribution < -0.4 is 5.32 Å². The first kappa shape index (κ1) is 10.5. The second kappa shape index (κ2) is 4.70. The van der Waals surface area contributed by atoms with Gasteiger partial charge in [-0.3, -0.25) is 0 Å². The lowest BCUT2D eigenvalue weighted by atomic mass is 10.2. The molecule has 0 aliphatic carbocycles. The van der Waals surface area contributed by atoms with Gasteiger partial charge in [0.05, 0.1) is 6.54 Å². The van der Waals surface area contributed by atoms with Gasteiger partial charge in [-0.1, -0.05) is 6.07 Å². The highest BCUT2D eigenvalue weighted by Gasteiger charge is 2.03. The standard InChI is InChI=1S/C12H12FN3/c1-9-10(13)4-2-5-11(9)16-8-12-14-6-3-7-15-12/h2-7,16H,8H2,1H3. The predicted octanol–water partition coefficient (Wildman–Crippen LogP) is 2.54. The van der Waals surface area contributed by atoms with E-state index in [-0.39, 0.29) is 5.82 Å². The maximum atomic E-state index is 13.2. The molecule has 0 radical (unpaired) electrons. The fraction of sp³-hybridized carbons (Fsp3) is 0.167. The lowest BCUT2D eigenvalue weighted by molar-refractivity contribution is 0.619. The number of halogens is 1. The van der Waals surface area contributed by atoms with Crippen LogP contribution in [-0.2, 0) is 6.54 Å². The smallest absolute Gasteiger partial charge is 0.147 e. The fourth-order valence-electron chi connectivity index (χ4n) is 1.39. The molecule has 0 saturated heterocycles. The fourth-order valence-corrected chi connectivity index (χ4v) is 1.39. The second-order valence-electron chi connectivity index (χ2n) is 3.43. The zero-order valence-electron chi connectivity index (χ0n) is 8.94. The van der Waals surface area contributed by atoms with Crippen molar-refractivity contribution in [3.05, 3.63) is 53.9 Å². The number of aromatic nitrogens is 2. The molecule has 0 atom stereocenters. The van der Waals surface area contributed by atoms with Crippen molar-refractivity contribution in [2.75, 3.05) is 5.32 Å². The molecule has 3 nitrogen and oxygen atoms in total. The van der Waals surface area contributed by atoms with E-state index in [0.717, 1.165) is 5.69 Å². The molecule has 0 saturated carbocycles. The summed E-state index contributed by atoms with van der Waals surface area (Å²) in [7, 11) is 0. The number of rotatable bonds is 3.